The van der Waals surface area contributed by atoms with Crippen LogP contribution in [0, 0.1) is 11.7 Å². The van der Waals surface area contributed by atoms with Crippen LogP contribution in [-0.2, 0) is 9.59 Å². The largest absolute Gasteiger partial charge is 0.387 e. The van der Waals surface area contributed by atoms with Gasteiger partial charge in [0.2, 0.25) is 11.8 Å². The number of nitrogens with one attached hydrogen (secondary N) is 1. The standard InChI is InChI=1S/C23H27FN2O3/c1-14(2)15-7-9-16(10-8-15)20(27)13-25-23(29)19-12-21(28)26(3)22(19)17-5-4-6-18(24)11-17/h4-11,14,19-20,22,27H,12-13H2,1-3H3,(H,25,29). The molecule has 0 spiro atoms. The van der Waals surface area contributed by atoms with Crippen LogP contribution in [0.2, 0.25) is 0 Å². The van der Waals surface area contributed by atoms with E-state index < -0.39 is 23.9 Å². The summed E-state index contributed by atoms with van der Waals surface area (Å²) in [6.07, 6.45) is -0.787. The van der Waals surface area contributed by atoms with Crippen LogP contribution in [0.5, 0.6) is 0 Å². The summed E-state index contributed by atoms with van der Waals surface area (Å²) in [4.78, 5) is 26.5. The molecule has 0 aliphatic carbocycles. The first kappa shape index (κ1) is 21.0. The monoisotopic (exact) mass is 398 g/mol. The zero-order chi connectivity index (χ0) is 21.1. The van der Waals surface area contributed by atoms with Crippen LogP contribution < -0.4 is 5.32 Å². The molecule has 2 aromatic rings. The minimum Gasteiger partial charge on any atom is -0.387 e. The summed E-state index contributed by atoms with van der Waals surface area (Å²) in [5, 5.41) is 13.2. The van der Waals surface area contributed by atoms with Gasteiger partial charge in [0, 0.05) is 20.0 Å². The van der Waals surface area contributed by atoms with Crippen LogP contribution in [0.4, 0.5) is 4.39 Å². The van der Waals surface area contributed by atoms with E-state index in [-0.39, 0.29) is 24.8 Å². The van der Waals surface area contributed by atoms with E-state index in [9.17, 15) is 19.1 Å². The Morgan fingerprint density at radius 1 is 1.21 bits per heavy atom. The fourth-order valence-electron chi connectivity index (χ4n) is 3.80. The van der Waals surface area contributed by atoms with Gasteiger partial charge in [-0.25, -0.2) is 4.39 Å². The van der Waals surface area contributed by atoms with Crippen molar-refractivity contribution in [1.82, 2.24) is 10.2 Å². The fraction of sp³-hybridized carbons (Fsp3) is 0.391. The summed E-state index contributed by atoms with van der Waals surface area (Å²) in [5.74, 6) is -1.13. The van der Waals surface area contributed by atoms with Crippen LogP contribution in [0.15, 0.2) is 48.5 Å². The Bertz CT molecular complexity index is 882. The topological polar surface area (TPSA) is 69.6 Å². The molecule has 2 N–H and O–H groups in total. The third-order valence-electron chi connectivity index (χ3n) is 5.57. The van der Waals surface area contributed by atoms with E-state index in [2.05, 4.69) is 19.2 Å². The smallest absolute Gasteiger partial charge is 0.226 e. The highest BCUT2D eigenvalue weighted by atomic mass is 19.1. The maximum atomic E-state index is 13.7. The number of likely N-dealkylation sites (tertiary alicyclic amines) is 1. The normalized spacial score (nSPS) is 20.2. The average molecular weight is 398 g/mol. The van der Waals surface area contributed by atoms with E-state index in [1.54, 1.807) is 19.2 Å². The van der Waals surface area contributed by atoms with Crippen molar-refractivity contribution in [2.24, 2.45) is 5.92 Å². The number of benzene rings is 2. The molecule has 6 heteroatoms. The average Bonchev–Trinajstić information content (AvgIpc) is 3.00. The van der Waals surface area contributed by atoms with E-state index in [0.717, 1.165) is 5.56 Å². The van der Waals surface area contributed by atoms with Crippen LogP contribution in [0.1, 0.15) is 55.0 Å². The van der Waals surface area contributed by atoms with E-state index in [1.807, 2.05) is 24.3 Å². The second-order valence-corrected chi connectivity index (χ2v) is 7.90. The third-order valence-corrected chi connectivity index (χ3v) is 5.57. The Hall–Kier alpha value is -2.73. The number of nitrogens with zero attached hydrogens (tertiary/aromatic N) is 1. The highest BCUT2D eigenvalue weighted by molar-refractivity contribution is 5.90. The number of aliphatic hydroxyl groups is 1. The van der Waals surface area contributed by atoms with Crippen molar-refractivity contribution in [2.45, 2.75) is 38.3 Å². The zero-order valence-electron chi connectivity index (χ0n) is 16.9. The second-order valence-electron chi connectivity index (χ2n) is 7.90. The van der Waals surface area contributed by atoms with Gasteiger partial charge in [0.25, 0.3) is 0 Å². The van der Waals surface area contributed by atoms with Gasteiger partial charge in [-0.15, -0.1) is 0 Å². The summed E-state index contributed by atoms with van der Waals surface area (Å²) < 4.78 is 13.7. The van der Waals surface area contributed by atoms with Crippen molar-refractivity contribution in [3.63, 3.8) is 0 Å². The fourth-order valence-corrected chi connectivity index (χ4v) is 3.80. The van der Waals surface area contributed by atoms with Crippen LogP contribution in [0.3, 0.4) is 0 Å². The van der Waals surface area contributed by atoms with Gasteiger partial charge in [0.15, 0.2) is 0 Å². The molecule has 3 atom stereocenters. The van der Waals surface area contributed by atoms with Gasteiger partial charge < -0.3 is 15.3 Å². The number of halogens is 1. The molecule has 1 fully saturated rings. The molecule has 1 aliphatic rings. The Morgan fingerprint density at radius 3 is 2.48 bits per heavy atom. The van der Waals surface area contributed by atoms with E-state index in [0.29, 0.717) is 11.5 Å². The maximum Gasteiger partial charge on any atom is 0.226 e. The number of rotatable bonds is 6. The Balaban J connectivity index is 1.67. The molecular formula is C23H27FN2O3. The van der Waals surface area contributed by atoms with Gasteiger partial charge >= 0.3 is 0 Å². The Kier molecular flexibility index (Phi) is 6.33. The molecule has 1 saturated heterocycles. The summed E-state index contributed by atoms with van der Waals surface area (Å²) in [6, 6.07) is 13.1. The lowest BCUT2D eigenvalue weighted by molar-refractivity contribution is -0.128. The molecule has 2 aromatic carbocycles. The SMILES string of the molecule is CC(C)c1ccc(C(O)CNC(=O)C2CC(=O)N(C)C2c2cccc(F)c2)cc1. The minimum absolute atomic E-state index is 0.0458. The second kappa shape index (κ2) is 8.74. The van der Waals surface area contributed by atoms with E-state index >= 15 is 0 Å². The molecule has 2 amide bonds. The molecule has 1 heterocycles. The van der Waals surface area contributed by atoms with Gasteiger partial charge in [-0.1, -0.05) is 50.2 Å². The first-order valence-corrected chi connectivity index (χ1v) is 9.84. The van der Waals surface area contributed by atoms with Gasteiger partial charge in [-0.2, -0.15) is 0 Å². The van der Waals surface area contributed by atoms with Crippen molar-refractivity contribution >= 4 is 11.8 Å². The number of hydrogen-bond acceptors (Lipinski definition) is 3. The number of hydrogen-bond donors (Lipinski definition) is 2. The van der Waals surface area contributed by atoms with Gasteiger partial charge in [0.1, 0.15) is 5.82 Å². The summed E-state index contributed by atoms with van der Waals surface area (Å²) in [7, 11) is 1.62. The van der Waals surface area contributed by atoms with Crippen molar-refractivity contribution in [1.29, 1.82) is 0 Å². The highest BCUT2D eigenvalue weighted by Gasteiger charge is 2.42. The number of amides is 2. The van der Waals surface area contributed by atoms with Crippen molar-refractivity contribution < 1.29 is 19.1 Å². The molecule has 1 aliphatic heterocycles. The number of carbonyl (C=O) groups excluding carboxylic acids is 2. The lowest BCUT2D eigenvalue weighted by atomic mass is 9.92. The summed E-state index contributed by atoms with van der Waals surface area (Å²) >= 11 is 0. The van der Waals surface area contributed by atoms with E-state index in [4.69, 9.17) is 0 Å². The minimum atomic E-state index is -0.845. The molecule has 0 bridgehead atoms. The quantitative estimate of drug-likeness (QED) is 0.784. The van der Waals surface area contributed by atoms with Crippen LogP contribution >= 0.6 is 0 Å². The van der Waals surface area contributed by atoms with Crippen molar-refractivity contribution in [3.8, 4) is 0 Å². The van der Waals surface area contributed by atoms with Crippen molar-refractivity contribution in [3.05, 3.63) is 71.0 Å². The van der Waals surface area contributed by atoms with Crippen molar-refractivity contribution in [2.75, 3.05) is 13.6 Å². The summed E-state index contributed by atoms with van der Waals surface area (Å²) in [6.45, 7) is 4.24. The summed E-state index contributed by atoms with van der Waals surface area (Å²) in [5.41, 5.74) is 2.48. The predicted molar refractivity (Wildman–Crippen MR) is 109 cm³/mol. The van der Waals surface area contributed by atoms with Crippen LogP contribution in [-0.4, -0.2) is 35.4 Å². The molecule has 29 heavy (non-hydrogen) atoms. The van der Waals surface area contributed by atoms with Gasteiger partial charge in [0.05, 0.1) is 18.1 Å². The Labute approximate surface area is 170 Å². The molecule has 154 valence electrons. The zero-order valence-corrected chi connectivity index (χ0v) is 16.9. The van der Waals surface area contributed by atoms with Gasteiger partial charge in [-0.3, -0.25) is 9.59 Å². The third kappa shape index (κ3) is 4.65. The lowest BCUT2D eigenvalue weighted by Crippen LogP contribution is -2.36. The molecule has 0 aromatic heterocycles. The first-order valence-electron chi connectivity index (χ1n) is 9.84. The number of aliphatic hydroxyl groups excluding tert-OH is 1. The molecule has 5 nitrogen and oxygen atoms in total. The van der Waals surface area contributed by atoms with E-state index in [1.165, 1.54) is 22.6 Å². The van der Waals surface area contributed by atoms with Gasteiger partial charge in [-0.05, 0) is 34.7 Å². The molecular weight excluding hydrogens is 371 g/mol. The Morgan fingerprint density at radius 2 is 1.86 bits per heavy atom. The molecule has 0 saturated carbocycles. The molecule has 3 unspecified atom stereocenters. The van der Waals surface area contributed by atoms with Crippen LogP contribution in [0.25, 0.3) is 0 Å². The molecule has 0 radical (unpaired) electrons. The number of carbonyl (C=O) groups is 2. The highest BCUT2D eigenvalue weighted by Crippen LogP contribution is 2.37. The molecule has 3 rings (SSSR count). The maximum absolute atomic E-state index is 13.7. The predicted octanol–water partition coefficient (Wildman–Crippen LogP) is 3.32. The lowest BCUT2D eigenvalue weighted by Gasteiger charge is -2.25. The first-order chi connectivity index (χ1) is 13.8.